The predicted octanol–water partition coefficient (Wildman–Crippen LogP) is 5.28. The average Bonchev–Trinajstić information content (AvgIpc) is 3.15. The number of hydrogen-bond donors (Lipinski definition) is 4. The van der Waals surface area contributed by atoms with Crippen molar-refractivity contribution >= 4 is 86.7 Å². The number of aryl methyl sites for hydroxylation is 3. The molecular weight excluding hydrogens is 843 g/mol. The van der Waals surface area contributed by atoms with E-state index in [1.807, 2.05) is 13.8 Å². The van der Waals surface area contributed by atoms with Gasteiger partial charge in [-0.3, -0.25) is 0 Å². The molecule has 0 aliphatic rings. The summed E-state index contributed by atoms with van der Waals surface area (Å²) >= 11 is 0. The van der Waals surface area contributed by atoms with E-state index in [-0.39, 0.29) is 41.3 Å². The standard InChI is InChI=1S/C34H31N11O10S3.C2H6/c1-16(37-32-24(14-35)17(2)38-18(3)39-32)15-36-33-40-19(4)41-34(43-33)42-26-13-22(56(47,48)49)11-21-12-27(57(50,51)52)29(30(46)28(21)26)45-44-25-10-9-20-7-5-6-8-23(20)31(25)58(53,54)55;1-2/h5-13,16,46H,15H2,1-4H3,(H,37,38,39)(H,47,48,49)(H,50,51,52)(H,53,54,55)(H2,36,40,41,42,43);1-2H3/p-3. The van der Waals surface area contributed by atoms with Crippen LogP contribution in [-0.2, 0) is 30.4 Å². The fourth-order valence-electron chi connectivity index (χ4n) is 5.88. The Hall–Kier alpha value is -6.49. The van der Waals surface area contributed by atoms with Gasteiger partial charge >= 0.3 is 0 Å². The lowest BCUT2D eigenvalue weighted by molar-refractivity contribution is 0.458. The van der Waals surface area contributed by atoms with Gasteiger partial charge in [0.25, 0.3) is 0 Å². The van der Waals surface area contributed by atoms with Gasteiger partial charge in [-0.05, 0) is 62.7 Å². The number of fused-ring (bicyclic) bond motifs is 2. The van der Waals surface area contributed by atoms with Crippen molar-refractivity contribution in [3.05, 3.63) is 77.5 Å². The van der Waals surface area contributed by atoms with E-state index in [1.165, 1.54) is 31.2 Å². The third-order valence-electron chi connectivity index (χ3n) is 8.30. The largest absolute Gasteiger partial charge is 0.744 e. The molecule has 0 radical (unpaired) electrons. The van der Waals surface area contributed by atoms with Crippen LogP contribution < -0.4 is 16.0 Å². The first-order chi connectivity index (χ1) is 28.1. The molecule has 1 atom stereocenters. The number of azo groups is 1. The number of aromatic hydroxyl groups is 1. The number of anilines is 4. The van der Waals surface area contributed by atoms with Crippen molar-refractivity contribution < 1.29 is 44.0 Å². The van der Waals surface area contributed by atoms with Crippen molar-refractivity contribution in [3.63, 3.8) is 0 Å². The molecule has 2 heterocycles. The van der Waals surface area contributed by atoms with E-state index < -0.39 is 78.6 Å². The van der Waals surface area contributed by atoms with Crippen molar-refractivity contribution in [2.75, 3.05) is 22.5 Å². The summed E-state index contributed by atoms with van der Waals surface area (Å²) in [5.41, 5.74) is -1.23. The Balaban J connectivity index is 0.00000336. The topological polar surface area (TPSA) is 341 Å². The minimum absolute atomic E-state index is 0.00549. The second kappa shape index (κ2) is 17.4. The Morgan fingerprint density at radius 1 is 0.800 bits per heavy atom. The first-order valence-corrected chi connectivity index (χ1v) is 21.8. The molecule has 0 aliphatic heterocycles. The van der Waals surface area contributed by atoms with E-state index in [1.54, 1.807) is 26.8 Å². The van der Waals surface area contributed by atoms with Gasteiger partial charge in [-0.15, -0.1) is 10.2 Å². The van der Waals surface area contributed by atoms with Gasteiger partial charge in [-0.2, -0.15) is 20.2 Å². The molecule has 6 rings (SSSR count). The molecule has 60 heavy (non-hydrogen) atoms. The molecule has 0 bridgehead atoms. The van der Waals surface area contributed by atoms with Gasteiger partial charge in [0.1, 0.15) is 70.8 Å². The van der Waals surface area contributed by atoms with E-state index >= 15 is 0 Å². The second-order valence-corrected chi connectivity index (χ2v) is 16.7. The van der Waals surface area contributed by atoms with Gasteiger partial charge in [0.05, 0.1) is 26.1 Å². The summed E-state index contributed by atoms with van der Waals surface area (Å²) < 4.78 is 111. The van der Waals surface area contributed by atoms with Gasteiger partial charge < -0.3 is 34.7 Å². The second-order valence-electron chi connectivity index (χ2n) is 12.6. The Bertz CT molecular complexity index is 3090. The SMILES string of the molecule is CC.Cc1nc(NCC(C)Nc2nc(C)nc(C)c2C#N)nc(Nc2cc(S(=O)(=O)[O-])cc3cc(S(=O)(=O)[O-])c(N=Nc4ccc5ccccc5c4S(=O)(=O)[O-])c(O)c23)n1. The minimum Gasteiger partial charge on any atom is -0.744 e. The van der Waals surface area contributed by atoms with Crippen molar-refractivity contribution in [2.45, 2.75) is 62.3 Å². The maximum atomic E-state index is 12.5. The number of aromatic nitrogens is 5. The first-order valence-electron chi connectivity index (χ1n) is 17.5. The van der Waals surface area contributed by atoms with E-state index in [0.29, 0.717) is 34.9 Å². The molecule has 4 aromatic carbocycles. The van der Waals surface area contributed by atoms with Crippen LogP contribution in [0.4, 0.5) is 34.8 Å². The summed E-state index contributed by atoms with van der Waals surface area (Å²) in [5, 5.41) is 36.9. The molecule has 0 aliphatic carbocycles. The summed E-state index contributed by atoms with van der Waals surface area (Å²) in [6.07, 6.45) is 0. The van der Waals surface area contributed by atoms with Crippen LogP contribution in [0.1, 0.15) is 43.7 Å². The molecule has 0 amide bonds. The first kappa shape index (κ1) is 44.6. The Morgan fingerprint density at radius 3 is 2.12 bits per heavy atom. The van der Waals surface area contributed by atoms with Crippen LogP contribution in [0.15, 0.2) is 79.5 Å². The number of nitriles is 1. The highest BCUT2D eigenvalue weighted by atomic mass is 32.2. The predicted molar refractivity (Wildman–Crippen MR) is 215 cm³/mol. The number of rotatable bonds is 12. The third kappa shape index (κ3) is 9.85. The van der Waals surface area contributed by atoms with Gasteiger partial charge in [-0.1, -0.05) is 44.2 Å². The van der Waals surface area contributed by atoms with E-state index in [4.69, 9.17) is 0 Å². The highest BCUT2D eigenvalue weighted by Gasteiger charge is 2.23. The normalized spacial score (nSPS) is 12.5. The third-order valence-corrected chi connectivity index (χ3v) is 10.9. The Morgan fingerprint density at radius 2 is 1.47 bits per heavy atom. The quantitative estimate of drug-likeness (QED) is 0.0897. The molecule has 6 aromatic rings. The summed E-state index contributed by atoms with van der Waals surface area (Å²) in [6.45, 7) is 10.8. The summed E-state index contributed by atoms with van der Waals surface area (Å²) in [4.78, 5) is 18.2. The highest BCUT2D eigenvalue weighted by Crippen LogP contribution is 2.46. The van der Waals surface area contributed by atoms with Crippen LogP contribution in [0.5, 0.6) is 5.75 Å². The van der Waals surface area contributed by atoms with Crippen molar-refractivity contribution in [2.24, 2.45) is 10.2 Å². The number of phenols is 1. The zero-order valence-electron chi connectivity index (χ0n) is 32.4. The molecule has 0 saturated carbocycles. The summed E-state index contributed by atoms with van der Waals surface area (Å²) in [6, 6.07) is 12.2. The molecule has 0 fully saturated rings. The summed E-state index contributed by atoms with van der Waals surface area (Å²) in [5.74, 6) is -0.466. The average molecular weight is 877 g/mol. The van der Waals surface area contributed by atoms with Crippen LogP contribution in [-0.4, -0.2) is 81.5 Å². The van der Waals surface area contributed by atoms with Crippen LogP contribution in [0.2, 0.25) is 0 Å². The van der Waals surface area contributed by atoms with Gasteiger partial charge in [0.2, 0.25) is 11.9 Å². The van der Waals surface area contributed by atoms with Crippen molar-refractivity contribution in [3.8, 4) is 11.8 Å². The molecule has 0 saturated heterocycles. The summed E-state index contributed by atoms with van der Waals surface area (Å²) in [7, 11) is -16.1. The van der Waals surface area contributed by atoms with Gasteiger partial charge in [-0.25, -0.2) is 35.2 Å². The van der Waals surface area contributed by atoms with Crippen LogP contribution in [0.3, 0.4) is 0 Å². The maximum absolute atomic E-state index is 12.5. The van der Waals surface area contributed by atoms with Crippen LogP contribution in [0, 0.1) is 32.1 Å². The number of hydrogen-bond acceptors (Lipinski definition) is 21. The molecule has 0 spiro atoms. The zero-order chi connectivity index (χ0) is 44.3. The lowest BCUT2D eigenvalue weighted by atomic mass is 10.1. The van der Waals surface area contributed by atoms with Gasteiger partial charge in [0.15, 0.2) is 5.75 Å². The molecule has 24 heteroatoms. The Labute approximate surface area is 344 Å². The maximum Gasteiger partial charge on any atom is 0.232 e. The molecule has 4 N–H and O–H groups in total. The minimum atomic E-state index is -5.56. The fraction of sp³-hybridized carbons (Fsp3) is 0.222. The molecule has 1 unspecified atom stereocenters. The Kier molecular flexibility index (Phi) is 12.9. The lowest BCUT2D eigenvalue weighted by Gasteiger charge is -2.19. The van der Waals surface area contributed by atoms with Crippen molar-refractivity contribution in [1.29, 1.82) is 5.26 Å². The molecule has 2 aromatic heterocycles. The number of benzene rings is 4. The molecule has 21 nitrogen and oxygen atoms in total. The van der Waals surface area contributed by atoms with Crippen LogP contribution >= 0.6 is 0 Å². The molecule has 314 valence electrons. The molecular formula is C36H34N11O10S3-3. The smallest absolute Gasteiger partial charge is 0.232 e. The van der Waals surface area contributed by atoms with Gasteiger partial charge in [0, 0.05) is 23.4 Å². The number of phenolic OH excluding ortho intramolecular Hbond substituents is 1. The fourth-order valence-corrected chi connectivity index (χ4v) is 7.88. The monoisotopic (exact) mass is 876 g/mol. The van der Waals surface area contributed by atoms with E-state index in [2.05, 4.69) is 57.2 Å². The lowest BCUT2D eigenvalue weighted by Crippen LogP contribution is -2.27. The van der Waals surface area contributed by atoms with E-state index in [9.17, 15) is 49.3 Å². The highest BCUT2D eigenvalue weighted by molar-refractivity contribution is 7.86. The number of nitrogens with one attached hydrogen (secondary N) is 3. The number of nitrogens with zero attached hydrogens (tertiary/aromatic N) is 8. The van der Waals surface area contributed by atoms with Crippen molar-refractivity contribution in [1.82, 2.24) is 24.9 Å². The zero-order valence-corrected chi connectivity index (χ0v) is 34.9. The van der Waals surface area contributed by atoms with E-state index in [0.717, 1.165) is 12.1 Å². The van der Waals surface area contributed by atoms with Crippen LogP contribution in [0.25, 0.3) is 21.5 Å².